The van der Waals surface area contributed by atoms with Gasteiger partial charge in [0.1, 0.15) is 17.2 Å². The van der Waals surface area contributed by atoms with Gasteiger partial charge >= 0.3 is 18.0 Å². The summed E-state index contributed by atoms with van der Waals surface area (Å²) in [5.74, 6) is -2.42. The highest BCUT2D eigenvalue weighted by atomic mass is 19.3. The van der Waals surface area contributed by atoms with Crippen LogP contribution in [0.4, 0.5) is 8.78 Å². The number of rotatable bonds is 18. The minimum Gasteiger partial charge on any atom is -0.457 e. The van der Waals surface area contributed by atoms with Crippen molar-refractivity contribution in [2.24, 2.45) is 0 Å². The molecule has 0 aliphatic rings. The first-order chi connectivity index (χ1) is 21.6. The molecule has 0 bridgehead atoms. The van der Waals surface area contributed by atoms with Crippen LogP contribution in [0, 0.1) is 0 Å². The predicted molar refractivity (Wildman–Crippen MR) is 162 cm³/mol. The number of aliphatic hydroxyl groups is 2. The van der Waals surface area contributed by atoms with Crippen molar-refractivity contribution in [1.82, 2.24) is 0 Å². The highest BCUT2D eigenvalue weighted by Crippen LogP contribution is 2.36. The van der Waals surface area contributed by atoms with E-state index in [1.165, 1.54) is 30.2 Å². The molecule has 9 nitrogen and oxygen atoms in total. The summed E-state index contributed by atoms with van der Waals surface area (Å²) in [5.41, 5.74) is 2.04. The van der Waals surface area contributed by atoms with E-state index in [1.54, 1.807) is 12.1 Å². The van der Waals surface area contributed by atoms with E-state index in [-0.39, 0.29) is 28.4 Å². The molecule has 0 aromatic heterocycles. The molecule has 0 atom stereocenters. The number of benzene rings is 3. The molecular formula is C34H36F2O9. The van der Waals surface area contributed by atoms with E-state index < -0.39 is 50.4 Å². The molecule has 2 N–H and O–H groups in total. The van der Waals surface area contributed by atoms with Crippen LogP contribution in [-0.2, 0) is 31.6 Å². The van der Waals surface area contributed by atoms with E-state index >= 15 is 8.78 Å². The van der Waals surface area contributed by atoms with Crippen molar-refractivity contribution in [3.8, 4) is 28.4 Å². The molecule has 11 heteroatoms. The number of hydrogen-bond donors (Lipinski definition) is 2. The summed E-state index contributed by atoms with van der Waals surface area (Å²) in [6.45, 7) is 6.28. The second-order valence-electron chi connectivity index (χ2n) is 9.90. The summed E-state index contributed by atoms with van der Waals surface area (Å²) >= 11 is 0. The summed E-state index contributed by atoms with van der Waals surface area (Å²) < 4.78 is 56.0. The zero-order valence-electron chi connectivity index (χ0n) is 24.9. The third-order valence-corrected chi connectivity index (χ3v) is 6.47. The minimum atomic E-state index is -3.78. The first kappa shape index (κ1) is 34.7. The molecule has 3 rings (SSSR count). The Morgan fingerprint density at radius 1 is 0.733 bits per heavy atom. The molecule has 240 valence electrons. The maximum Gasteiger partial charge on any atom is 0.426 e. The number of carbonyl (C=O) groups excluding carboxylic acids is 2. The molecule has 0 aliphatic carbocycles. The average Bonchev–Trinajstić information content (AvgIpc) is 3.04. The van der Waals surface area contributed by atoms with Gasteiger partial charge in [-0.05, 0) is 41.7 Å². The fraction of sp³-hybridized carbons (Fsp3) is 0.294. The van der Waals surface area contributed by atoms with Crippen LogP contribution in [0.3, 0.4) is 0 Å². The van der Waals surface area contributed by atoms with Gasteiger partial charge in [0, 0.05) is 18.2 Å². The Balaban J connectivity index is 1.74. The smallest absolute Gasteiger partial charge is 0.426 e. The lowest BCUT2D eigenvalue weighted by atomic mass is 10.0. The monoisotopic (exact) mass is 626 g/mol. The highest BCUT2D eigenvalue weighted by Gasteiger charge is 2.35. The molecule has 0 fully saturated rings. The number of halogens is 2. The Labute approximate surface area is 260 Å². The van der Waals surface area contributed by atoms with Crippen molar-refractivity contribution in [2.45, 2.75) is 38.7 Å². The average molecular weight is 627 g/mol. The van der Waals surface area contributed by atoms with Gasteiger partial charge in [0.25, 0.3) is 0 Å². The van der Waals surface area contributed by atoms with Crippen LogP contribution in [0.1, 0.15) is 37.3 Å². The van der Waals surface area contributed by atoms with Gasteiger partial charge < -0.3 is 33.9 Å². The van der Waals surface area contributed by atoms with Crippen LogP contribution in [-0.4, -0.2) is 49.0 Å². The molecule has 3 aromatic rings. The molecule has 3 aromatic carbocycles. The number of unbranched alkanes of at least 4 members (excludes halogenated alkanes) is 2. The lowest BCUT2D eigenvalue weighted by Crippen LogP contribution is -2.22. The number of hydrogen-bond acceptors (Lipinski definition) is 9. The molecule has 0 unspecified atom stereocenters. The summed E-state index contributed by atoms with van der Waals surface area (Å²) in [6.07, 6.45) is 0.636. The first-order valence-electron chi connectivity index (χ1n) is 14.1. The molecule has 45 heavy (non-hydrogen) atoms. The van der Waals surface area contributed by atoms with Crippen molar-refractivity contribution in [1.29, 1.82) is 0 Å². The summed E-state index contributed by atoms with van der Waals surface area (Å²) in [6, 6.07) is 17.2. The van der Waals surface area contributed by atoms with Crippen molar-refractivity contribution < 1.29 is 52.3 Å². The Bertz CT molecular complexity index is 1400. The number of carbonyl (C=O) groups is 2. The quantitative estimate of drug-likeness (QED) is 0.0750. The Kier molecular flexibility index (Phi) is 13.1. The van der Waals surface area contributed by atoms with Crippen LogP contribution < -0.4 is 14.2 Å². The largest absolute Gasteiger partial charge is 0.457 e. The molecular weight excluding hydrogens is 590 g/mol. The van der Waals surface area contributed by atoms with Gasteiger partial charge in [0.2, 0.25) is 13.6 Å². The first-order valence-corrected chi connectivity index (χ1v) is 14.1. The third kappa shape index (κ3) is 10.7. The SMILES string of the molecule is C=C(CO)C(=O)OCOc1cc(OCOC(=O)C(=C)CO)cc(OC(F)(F)c2ccc(-c3ccc(CCCCC)cc3)cc2)c1. The van der Waals surface area contributed by atoms with Gasteiger partial charge in [-0.1, -0.05) is 69.3 Å². The second kappa shape index (κ2) is 16.9. The fourth-order valence-electron chi connectivity index (χ4n) is 3.91. The van der Waals surface area contributed by atoms with Crippen LogP contribution in [0.25, 0.3) is 11.1 Å². The van der Waals surface area contributed by atoms with Crippen LogP contribution in [0.15, 0.2) is 91.0 Å². The molecule has 0 saturated heterocycles. The van der Waals surface area contributed by atoms with Crippen LogP contribution in [0.2, 0.25) is 0 Å². The minimum absolute atomic E-state index is 0.0969. The molecule has 0 radical (unpaired) electrons. The number of ether oxygens (including phenoxy) is 5. The molecule has 0 aliphatic heterocycles. The van der Waals surface area contributed by atoms with E-state index in [2.05, 4.69) is 20.1 Å². The van der Waals surface area contributed by atoms with E-state index in [4.69, 9.17) is 33.9 Å². The van der Waals surface area contributed by atoms with E-state index in [0.717, 1.165) is 42.5 Å². The van der Waals surface area contributed by atoms with Gasteiger partial charge in [-0.3, -0.25) is 0 Å². The van der Waals surface area contributed by atoms with Gasteiger partial charge in [0.05, 0.1) is 29.9 Å². The second-order valence-corrected chi connectivity index (χ2v) is 9.90. The van der Waals surface area contributed by atoms with E-state index in [9.17, 15) is 9.59 Å². The van der Waals surface area contributed by atoms with Crippen molar-refractivity contribution in [2.75, 3.05) is 26.8 Å². The summed E-state index contributed by atoms with van der Waals surface area (Å²) in [4.78, 5) is 23.4. The zero-order valence-corrected chi connectivity index (χ0v) is 24.9. The zero-order chi connectivity index (χ0) is 32.8. The fourth-order valence-corrected chi connectivity index (χ4v) is 3.91. The maximum atomic E-state index is 15.3. The summed E-state index contributed by atoms with van der Waals surface area (Å²) in [5, 5.41) is 18.0. The number of aryl methyl sites for hydroxylation is 1. The molecule has 0 spiro atoms. The Morgan fingerprint density at radius 2 is 1.20 bits per heavy atom. The standard InChI is InChI=1S/C34H36F2O9/c1-4-5-6-7-25-8-10-26(11-9-25)27-12-14-28(15-13-27)34(35,36)45-31-17-29(41-21-43-32(39)23(2)19-37)16-30(18-31)42-22-44-33(40)24(3)20-38/h8-18,37-38H,2-7,19-22H2,1H3. The Morgan fingerprint density at radius 3 is 1.67 bits per heavy atom. The predicted octanol–water partition coefficient (Wildman–Crippen LogP) is 6.07. The van der Waals surface area contributed by atoms with E-state index in [0.29, 0.717) is 0 Å². The number of esters is 2. The van der Waals surface area contributed by atoms with Crippen molar-refractivity contribution in [3.63, 3.8) is 0 Å². The van der Waals surface area contributed by atoms with Gasteiger partial charge in [-0.25, -0.2) is 9.59 Å². The molecule has 0 saturated carbocycles. The summed E-state index contributed by atoms with van der Waals surface area (Å²) in [7, 11) is 0. The molecule has 0 heterocycles. The van der Waals surface area contributed by atoms with Gasteiger partial charge in [0.15, 0.2) is 0 Å². The molecule has 0 amide bonds. The van der Waals surface area contributed by atoms with E-state index in [1.807, 2.05) is 24.3 Å². The Hall–Kier alpha value is -4.74. The van der Waals surface area contributed by atoms with Gasteiger partial charge in [-0.2, -0.15) is 8.78 Å². The normalized spacial score (nSPS) is 11.0. The lowest BCUT2D eigenvalue weighted by molar-refractivity contribution is -0.185. The van der Waals surface area contributed by atoms with Crippen LogP contribution in [0.5, 0.6) is 17.2 Å². The number of aliphatic hydroxyl groups excluding tert-OH is 2. The van der Waals surface area contributed by atoms with Crippen molar-refractivity contribution >= 4 is 11.9 Å². The maximum absolute atomic E-state index is 15.3. The third-order valence-electron chi connectivity index (χ3n) is 6.47. The van der Waals surface area contributed by atoms with Gasteiger partial charge in [-0.15, -0.1) is 0 Å². The highest BCUT2D eigenvalue weighted by molar-refractivity contribution is 5.88. The van der Waals surface area contributed by atoms with Crippen molar-refractivity contribution in [3.05, 3.63) is 102 Å². The lowest BCUT2D eigenvalue weighted by Gasteiger charge is -2.20. The number of alkyl halides is 2. The topological polar surface area (TPSA) is 121 Å². The van der Waals surface area contributed by atoms with Crippen LogP contribution >= 0.6 is 0 Å².